The zero-order valence-corrected chi connectivity index (χ0v) is 14.2. The molecule has 0 amide bonds. The van der Waals surface area contributed by atoms with E-state index < -0.39 is 0 Å². The van der Waals surface area contributed by atoms with Crippen molar-refractivity contribution >= 4 is 5.96 Å². The van der Waals surface area contributed by atoms with Crippen LogP contribution >= 0.6 is 0 Å². The van der Waals surface area contributed by atoms with Crippen molar-refractivity contribution < 1.29 is 9.47 Å². The van der Waals surface area contributed by atoms with E-state index >= 15 is 0 Å². The second-order valence-electron chi connectivity index (χ2n) is 5.40. The Balaban J connectivity index is 2.29. The molecule has 0 atom stereocenters. The van der Waals surface area contributed by atoms with Crippen LogP contribution in [0.25, 0.3) is 0 Å². The van der Waals surface area contributed by atoms with Crippen LogP contribution in [0.5, 0.6) is 5.75 Å². The summed E-state index contributed by atoms with van der Waals surface area (Å²) in [6, 6.07) is 7.90. The maximum atomic E-state index is 5.69. The van der Waals surface area contributed by atoms with E-state index in [-0.39, 0.29) is 0 Å². The number of rotatable bonds is 9. The van der Waals surface area contributed by atoms with Crippen LogP contribution < -0.4 is 15.4 Å². The fraction of sp³-hybridized carbons (Fsp3) is 0.588. The molecule has 5 nitrogen and oxygen atoms in total. The maximum Gasteiger partial charge on any atom is 0.191 e. The summed E-state index contributed by atoms with van der Waals surface area (Å²) in [5.41, 5.74) is 1.06. The number of benzene rings is 1. The van der Waals surface area contributed by atoms with Crippen molar-refractivity contribution in [3.63, 3.8) is 0 Å². The van der Waals surface area contributed by atoms with Gasteiger partial charge in [-0.1, -0.05) is 32.0 Å². The predicted molar refractivity (Wildman–Crippen MR) is 91.5 cm³/mol. The Morgan fingerprint density at radius 1 is 1.23 bits per heavy atom. The van der Waals surface area contributed by atoms with Gasteiger partial charge in [0.05, 0.1) is 20.3 Å². The zero-order chi connectivity index (χ0) is 16.2. The molecule has 1 aromatic carbocycles. The second kappa shape index (κ2) is 10.9. The number of nitrogens with zero attached hydrogens (tertiary/aromatic N) is 1. The van der Waals surface area contributed by atoms with Gasteiger partial charge in [0.25, 0.3) is 0 Å². The van der Waals surface area contributed by atoms with Crippen molar-refractivity contribution in [2.75, 3.05) is 33.4 Å². The molecule has 22 heavy (non-hydrogen) atoms. The van der Waals surface area contributed by atoms with E-state index in [4.69, 9.17) is 9.47 Å². The van der Waals surface area contributed by atoms with Gasteiger partial charge in [-0.25, -0.2) is 0 Å². The molecule has 0 aliphatic rings. The van der Waals surface area contributed by atoms with E-state index in [1.165, 1.54) is 0 Å². The normalized spacial score (nSPS) is 11.6. The molecule has 0 radical (unpaired) electrons. The Bertz CT molecular complexity index is 447. The van der Waals surface area contributed by atoms with E-state index in [1.54, 1.807) is 7.11 Å². The maximum absolute atomic E-state index is 5.69. The minimum Gasteiger partial charge on any atom is -0.496 e. The first kappa shape index (κ1) is 18.3. The molecule has 0 aromatic heterocycles. The van der Waals surface area contributed by atoms with Gasteiger partial charge in [-0.2, -0.15) is 0 Å². The molecular weight excluding hydrogens is 278 g/mol. The summed E-state index contributed by atoms with van der Waals surface area (Å²) in [4.78, 5) is 4.52. The van der Waals surface area contributed by atoms with Crippen LogP contribution in [0, 0.1) is 5.92 Å². The summed E-state index contributed by atoms with van der Waals surface area (Å²) in [6.45, 7) is 9.93. The van der Waals surface area contributed by atoms with Gasteiger partial charge in [0, 0.05) is 25.2 Å². The summed E-state index contributed by atoms with van der Waals surface area (Å²) < 4.78 is 11.0. The minimum absolute atomic E-state index is 0.547. The molecule has 0 aliphatic carbocycles. The Morgan fingerprint density at radius 2 is 2.00 bits per heavy atom. The number of hydrogen-bond acceptors (Lipinski definition) is 3. The Kier molecular flexibility index (Phi) is 9.07. The van der Waals surface area contributed by atoms with Crippen molar-refractivity contribution in [1.29, 1.82) is 0 Å². The van der Waals surface area contributed by atoms with Gasteiger partial charge in [0.15, 0.2) is 5.96 Å². The van der Waals surface area contributed by atoms with Gasteiger partial charge in [-0.3, -0.25) is 4.99 Å². The topological polar surface area (TPSA) is 54.9 Å². The van der Waals surface area contributed by atoms with Gasteiger partial charge in [-0.15, -0.1) is 0 Å². The van der Waals surface area contributed by atoms with Gasteiger partial charge in [-0.05, 0) is 18.9 Å². The number of guanidine groups is 1. The van der Waals surface area contributed by atoms with Crippen LogP contribution in [-0.2, 0) is 11.3 Å². The van der Waals surface area contributed by atoms with E-state index in [2.05, 4.69) is 36.4 Å². The average Bonchev–Trinajstić information content (AvgIpc) is 2.52. The molecule has 2 N–H and O–H groups in total. The fourth-order valence-corrected chi connectivity index (χ4v) is 1.86. The lowest BCUT2D eigenvalue weighted by Gasteiger charge is -2.13. The molecule has 0 saturated carbocycles. The minimum atomic E-state index is 0.547. The fourth-order valence-electron chi connectivity index (χ4n) is 1.86. The van der Waals surface area contributed by atoms with Crippen molar-refractivity contribution in [1.82, 2.24) is 10.6 Å². The summed E-state index contributed by atoms with van der Waals surface area (Å²) >= 11 is 0. The van der Waals surface area contributed by atoms with Crippen LogP contribution in [0.2, 0.25) is 0 Å². The SMILES string of the molecule is CCNC(=NCC(C)C)NCCOCc1ccccc1OC. The number of ether oxygens (including phenoxy) is 2. The highest BCUT2D eigenvalue weighted by Gasteiger charge is 2.02. The highest BCUT2D eigenvalue weighted by molar-refractivity contribution is 5.79. The highest BCUT2D eigenvalue weighted by atomic mass is 16.5. The number of nitrogens with one attached hydrogen (secondary N) is 2. The molecule has 0 heterocycles. The van der Waals surface area contributed by atoms with Crippen molar-refractivity contribution in [2.24, 2.45) is 10.9 Å². The Morgan fingerprint density at radius 3 is 2.68 bits per heavy atom. The van der Waals surface area contributed by atoms with Crippen molar-refractivity contribution in [2.45, 2.75) is 27.4 Å². The van der Waals surface area contributed by atoms with Gasteiger partial charge < -0.3 is 20.1 Å². The van der Waals surface area contributed by atoms with E-state index in [0.29, 0.717) is 19.1 Å². The predicted octanol–water partition coefficient (Wildman–Crippen LogP) is 2.42. The molecule has 0 spiro atoms. The number of para-hydroxylation sites is 1. The molecule has 1 aromatic rings. The number of aliphatic imine (C=N–C) groups is 1. The lowest BCUT2D eigenvalue weighted by atomic mass is 10.2. The van der Waals surface area contributed by atoms with Crippen molar-refractivity contribution in [3.8, 4) is 5.75 Å². The Labute approximate surface area is 134 Å². The number of hydrogen-bond donors (Lipinski definition) is 2. The molecular formula is C17H29N3O2. The van der Waals surface area contributed by atoms with Crippen LogP contribution in [0.1, 0.15) is 26.3 Å². The first-order valence-corrected chi connectivity index (χ1v) is 7.89. The van der Waals surface area contributed by atoms with Gasteiger partial charge in [0.2, 0.25) is 0 Å². The lowest BCUT2D eigenvalue weighted by Crippen LogP contribution is -2.39. The summed E-state index contributed by atoms with van der Waals surface area (Å²) in [5.74, 6) is 2.26. The summed E-state index contributed by atoms with van der Waals surface area (Å²) in [5, 5.41) is 6.50. The standard InChI is InChI=1S/C17H29N3O2/c1-5-18-17(20-12-14(2)3)19-10-11-22-13-15-8-6-7-9-16(15)21-4/h6-9,14H,5,10-13H2,1-4H3,(H2,18,19,20). The Hall–Kier alpha value is -1.75. The molecule has 0 aliphatic heterocycles. The molecule has 124 valence electrons. The molecule has 0 unspecified atom stereocenters. The second-order valence-corrected chi connectivity index (χ2v) is 5.40. The van der Waals surface area contributed by atoms with E-state index in [1.807, 2.05) is 24.3 Å². The van der Waals surface area contributed by atoms with Gasteiger partial charge in [0.1, 0.15) is 5.75 Å². The molecule has 0 saturated heterocycles. The molecule has 0 bridgehead atoms. The van der Waals surface area contributed by atoms with Gasteiger partial charge >= 0.3 is 0 Å². The van der Waals surface area contributed by atoms with E-state index in [9.17, 15) is 0 Å². The van der Waals surface area contributed by atoms with Crippen LogP contribution in [0.4, 0.5) is 0 Å². The third-order valence-corrected chi connectivity index (χ3v) is 2.95. The van der Waals surface area contributed by atoms with E-state index in [0.717, 1.165) is 36.9 Å². The first-order chi connectivity index (χ1) is 10.7. The van der Waals surface area contributed by atoms with Crippen LogP contribution in [-0.4, -0.2) is 39.3 Å². The molecule has 5 heteroatoms. The van der Waals surface area contributed by atoms with Crippen molar-refractivity contribution in [3.05, 3.63) is 29.8 Å². The monoisotopic (exact) mass is 307 g/mol. The quantitative estimate of drug-likeness (QED) is 0.418. The largest absolute Gasteiger partial charge is 0.496 e. The zero-order valence-electron chi connectivity index (χ0n) is 14.2. The number of methoxy groups -OCH3 is 1. The first-order valence-electron chi connectivity index (χ1n) is 7.89. The third-order valence-electron chi connectivity index (χ3n) is 2.95. The highest BCUT2D eigenvalue weighted by Crippen LogP contribution is 2.17. The molecule has 0 fully saturated rings. The average molecular weight is 307 g/mol. The summed E-state index contributed by atoms with van der Waals surface area (Å²) in [7, 11) is 1.67. The lowest BCUT2D eigenvalue weighted by molar-refractivity contribution is 0.123. The smallest absolute Gasteiger partial charge is 0.191 e. The molecule has 1 rings (SSSR count). The summed E-state index contributed by atoms with van der Waals surface area (Å²) in [6.07, 6.45) is 0. The third kappa shape index (κ3) is 7.31. The van der Waals surface area contributed by atoms with Crippen LogP contribution in [0.3, 0.4) is 0 Å². The van der Waals surface area contributed by atoms with Crippen LogP contribution in [0.15, 0.2) is 29.3 Å².